The Morgan fingerprint density at radius 1 is 1.19 bits per heavy atom. The van der Waals surface area contributed by atoms with Crippen LogP contribution in [0.5, 0.6) is 0 Å². The van der Waals surface area contributed by atoms with Crippen molar-refractivity contribution in [3.8, 4) is 0 Å². The van der Waals surface area contributed by atoms with Gasteiger partial charge in [-0.1, -0.05) is 30.9 Å². The predicted molar refractivity (Wildman–Crippen MR) is 65.4 cm³/mol. The standard InChI is InChI=1S/C14H18O2/c1-4-10-7-11-5-6-12(10)14(9(3)16)13(11)8(2)15/h4-9,13-16H,1H2,2-3H3. The van der Waals surface area contributed by atoms with Crippen LogP contribution in [0.25, 0.3) is 6.08 Å². The van der Waals surface area contributed by atoms with Gasteiger partial charge in [0, 0.05) is 11.8 Å². The van der Waals surface area contributed by atoms with E-state index < -0.39 is 12.2 Å². The zero-order chi connectivity index (χ0) is 11.9. The number of benzene rings is 1. The van der Waals surface area contributed by atoms with Crippen LogP contribution in [0, 0.1) is 0 Å². The SMILES string of the molecule is C=Cc1cc2ccc1C(C(C)O)C2C(C)O. The monoisotopic (exact) mass is 218 g/mol. The molecule has 0 saturated heterocycles. The van der Waals surface area contributed by atoms with E-state index in [0.717, 1.165) is 16.7 Å². The minimum absolute atomic E-state index is 0.00343. The molecule has 2 nitrogen and oxygen atoms in total. The largest absolute Gasteiger partial charge is 0.393 e. The van der Waals surface area contributed by atoms with Gasteiger partial charge < -0.3 is 10.2 Å². The zero-order valence-corrected chi connectivity index (χ0v) is 9.72. The van der Waals surface area contributed by atoms with Crippen molar-refractivity contribution in [2.75, 3.05) is 0 Å². The third-order valence-electron chi connectivity index (χ3n) is 3.50. The summed E-state index contributed by atoms with van der Waals surface area (Å²) in [6, 6.07) is 6.11. The fourth-order valence-corrected chi connectivity index (χ4v) is 2.82. The Morgan fingerprint density at radius 2 is 1.81 bits per heavy atom. The van der Waals surface area contributed by atoms with E-state index in [4.69, 9.17) is 0 Å². The first-order valence-corrected chi connectivity index (χ1v) is 5.68. The van der Waals surface area contributed by atoms with Crippen LogP contribution >= 0.6 is 0 Å². The topological polar surface area (TPSA) is 40.5 Å². The van der Waals surface area contributed by atoms with E-state index in [1.807, 2.05) is 18.2 Å². The number of hydrogen-bond acceptors (Lipinski definition) is 2. The van der Waals surface area contributed by atoms with E-state index in [1.165, 1.54) is 0 Å². The second kappa shape index (κ2) is 4.04. The summed E-state index contributed by atoms with van der Waals surface area (Å²) >= 11 is 0. The van der Waals surface area contributed by atoms with Crippen molar-refractivity contribution in [2.45, 2.75) is 37.9 Å². The Hall–Kier alpha value is -1.12. The van der Waals surface area contributed by atoms with Crippen LogP contribution in [0.3, 0.4) is 0 Å². The van der Waals surface area contributed by atoms with E-state index in [1.54, 1.807) is 13.8 Å². The van der Waals surface area contributed by atoms with Crippen molar-refractivity contribution in [1.29, 1.82) is 0 Å². The molecule has 0 aromatic heterocycles. The van der Waals surface area contributed by atoms with Gasteiger partial charge in [0.25, 0.3) is 0 Å². The number of fused-ring (bicyclic) bond motifs is 3. The number of aliphatic hydroxyl groups excluding tert-OH is 2. The zero-order valence-electron chi connectivity index (χ0n) is 9.72. The lowest BCUT2D eigenvalue weighted by Crippen LogP contribution is -2.32. The number of aliphatic hydroxyl groups is 2. The van der Waals surface area contributed by atoms with Crippen LogP contribution in [-0.2, 0) is 0 Å². The quantitative estimate of drug-likeness (QED) is 0.817. The van der Waals surface area contributed by atoms with Crippen molar-refractivity contribution in [2.24, 2.45) is 0 Å². The second-order valence-electron chi connectivity index (χ2n) is 4.63. The summed E-state index contributed by atoms with van der Waals surface area (Å²) in [6.07, 6.45) is 0.905. The van der Waals surface area contributed by atoms with Crippen LogP contribution < -0.4 is 0 Å². The predicted octanol–water partition coefficient (Wildman–Crippen LogP) is 2.27. The maximum Gasteiger partial charge on any atom is 0.0587 e. The molecule has 2 aliphatic carbocycles. The van der Waals surface area contributed by atoms with E-state index in [9.17, 15) is 10.2 Å². The first kappa shape index (κ1) is 11.4. The highest BCUT2D eigenvalue weighted by Crippen LogP contribution is 2.45. The minimum Gasteiger partial charge on any atom is -0.393 e. The highest BCUT2D eigenvalue weighted by molar-refractivity contribution is 5.59. The first-order chi connectivity index (χ1) is 7.56. The summed E-state index contributed by atoms with van der Waals surface area (Å²) in [5.74, 6) is -0.0123. The van der Waals surface area contributed by atoms with Gasteiger partial charge in [-0.2, -0.15) is 0 Å². The smallest absolute Gasteiger partial charge is 0.0587 e. The maximum absolute atomic E-state index is 9.89. The van der Waals surface area contributed by atoms with Crippen molar-refractivity contribution >= 4 is 6.08 Å². The molecule has 2 bridgehead atoms. The lowest BCUT2D eigenvalue weighted by atomic mass is 9.69. The van der Waals surface area contributed by atoms with Crippen molar-refractivity contribution in [3.63, 3.8) is 0 Å². The van der Waals surface area contributed by atoms with E-state index >= 15 is 0 Å². The Bertz CT molecular complexity index is 407. The van der Waals surface area contributed by atoms with Gasteiger partial charge in [-0.05, 0) is 30.5 Å². The Morgan fingerprint density at radius 3 is 2.31 bits per heavy atom. The molecule has 0 heterocycles. The van der Waals surface area contributed by atoms with Crippen molar-refractivity contribution < 1.29 is 10.2 Å². The molecule has 4 unspecified atom stereocenters. The Labute approximate surface area is 96.2 Å². The molecular weight excluding hydrogens is 200 g/mol. The Kier molecular flexibility index (Phi) is 2.87. The van der Waals surface area contributed by atoms with E-state index in [-0.39, 0.29) is 11.8 Å². The highest BCUT2D eigenvalue weighted by atomic mass is 16.3. The number of hydrogen-bond donors (Lipinski definition) is 2. The normalized spacial score (nSPS) is 26.5. The molecule has 0 saturated carbocycles. The van der Waals surface area contributed by atoms with Gasteiger partial charge in [-0.25, -0.2) is 0 Å². The van der Waals surface area contributed by atoms with Crippen LogP contribution in [0.4, 0.5) is 0 Å². The van der Waals surface area contributed by atoms with Crippen LogP contribution in [0.2, 0.25) is 0 Å². The molecule has 86 valence electrons. The lowest BCUT2D eigenvalue weighted by Gasteiger charge is -2.38. The highest BCUT2D eigenvalue weighted by Gasteiger charge is 2.37. The van der Waals surface area contributed by atoms with Gasteiger partial charge in [0.15, 0.2) is 0 Å². The minimum atomic E-state index is -0.460. The molecule has 0 amide bonds. The summed E-state index contributed by atoms with van der Waals surface area (Å²) in [7, 11) is 0. The molecule has 2 aliphatic rings. The fraction of sp³-hybridized carbons (Fsp3) is 0.429. The van der Waals surface area contributed by atoms with Crippen molar-refractivity contribution in [3.05, 3.63) is 41.5 Å². The molecule has 0 fully saturated rings. The Balaban J connectivity index is 2.55. The van der Waals surface area contributed by atoms with Crippen LogP contribution in [-0.4, -0.2) is 22.4 Å². The molecule has 3 rings (SSSR count). The van der Waals surface area contributed by atoms with E-state index in [0.29, 0.717) is 0 Å². The molecule has 0 radical (unpaired) electrons. The van der Waals surface area contributed by atoms with E-state index in [2.05, 4.69) is 12.6 Å². The van der Waals surface area contributed by atoms with Crippen molar-refractivity contribution in [1.82, 2.24) is 0 Å². The average molecular weight is 218 g/mol. The molecule has 1 aromatic rings. The summed E-state index contributed by atoms with van der Waals surface area (Å²) < 4.78 is 0. The molecule has 2 heteroatoms. The molecule has 2 N–H and O–H groups in total. The first-order valence-electron chi connectivity index (χ1n) is 5.68. The molecule has 0 spiro atoms. The van der Waals surface area contributed by atoms with Gasteiger partial charge in [0.05, 0.1) is 12.2 Å². The molecule has 0 aliphatic heterocycles. The summed E-state index contributed by atoms with van der Waals surface area (Å²) in [5, 5.41) is 19.7. The second-order valence-corrected chi connectivity index (χ2v) is 4.63. The summed E-state index contributed by atoms with van der Waals surface area (Å²) in [4.78, 5) is 0. The summed E-state index contributed by atoms with van der Waals surface area (Å²) in [6.45, 7) is 7.35. The molecule has 1 aromatic carbocycles. The summed E-state index contributed by atoms with van der Waals surface area (Å²) in [5.41, 5.74) is 3.25. The fourth-order valence-electron chi connectivity index (χ4n) is 2.82. The van der Waals surface area contributed by atoms with Gasteiger partial charge in [0.2, 0.25) is 0 Å². The molecular formula is C14H18O2. The van der Waals surface area contributed by atoms with Gasteiger partial charge in [-0.3, -0.25) is 0 Å². The van der Waals surface area contributed by atoms with Crippen LogP contribution in [0.15, 0.2) is 24.8 Å². The van der Waals surface area contributed by atoms with Crippen LogP contribution in [0.1, 0.15) is 42.4 Å². The number of rotatable bonds is 3. The lowest BCUT2D eigenvalue weighted by molar-refractivity contribution is 0.0880. The molecule has 4 atom stereocenters. The van der Waals surface area contributed by atoms with Gasteiger partial charge >= 0.3 is 0 Å². The van der Waals surface area contributed by atoms with Gasteiger partial charge in [-0.15, -0.1) is 0 Å². The van der Waals surface area contributed by atoms with Gasteiger partial charge in [0.1, 0.15) is 0 Å². The average Bonchev–Trinajstić information content (AvgIpc) is 2.27. The maximum atomic E-state index is 9.89. The third-order valence-corrected chi connectivity index (χ3v) is 3.50. The third kappa shape index (κ3) is 1.58. The molecule has 16 heavy (non-hydrogen) atoms.